The summed E-state index contributed by atoms with van der Waals surface area (Å²) in [5.41, 5.74) is 2.77. The number of para-hydroxylation sites is 1. The molecule has 2 aromatic rings. The van der Waals surface area contributed by atoms with Crippen LogP contribution >= 0.6 is 12.4 Å². The Kier molecular flexibility index (Phi) is 3.75. The molecule has 0 aliphatic carbocycles. The fourth-order valence-electron chi connectivity index (χ4n) is 2.75. The summed E-state index contributed by atoms with van der Waals surface area (Å²) >= 11 is 0. The molecule has 92 valence electrons. The normalized spacial score (nSPS) is 20.2. The molecule has 3 rings (SSSR count). The van der Waals surface area contributed by atoms with Crippen molar-refractivity contribution in [2.45, 2.75) is 25.3 Å². The van der Waals surface area contributed by atoms with Gasteiger partial charge >= 0.3 is 0 Å². The third-order valence-electron chi connectivity index (χ3n) is 3.66. The molecule has 2 heterocycles. The number of hydrogen-bond donors (Lipinski definition) is 1. The van der Waals surface area contributed by atoms with Gasteiger partial charge in [0, 0.05) is 24.3 Å². The fraction of sp³-hybridized carbons (Fsp3) is 0.429. The Morgan fingerprint density at radius 2 is 2.06 bits per heavy atom. The molecule has 2 nitrogen and oxygen atoms in total. The van der Waals surface area contributed by atoms with Crippen LogP contribution in [-0.2, 0) is 7.05 Å². The van der Waals surface area contributed by atoms with Crippen molar-refractivity contribution in [1.82, 2.24) is 9.88 Å². The van der Waals surface area contributed by atoms with Crippen LogP contribution in [-0.4, -0.2) is 11.1 Å². The molecule has 1 N–H and O–H groups in total. The Morgan fingerprint density at radius 1 is 1.24 bits per heavy atom. The monoisotopic (exact) mass is 250 g/mol. The lowest BCUT2D eigenvalue weighted by atomic mass is 10.0. The van der Waals surface area contributed by atoms with Crippen molar-refractivity contribution in [3.8, 4) is 0 Å². The fourth-order valence-corrected chi connectivity index (χ4v) is 2.75. The predicted molar refractivity (Wildman–Crippen MR) is 74.8 cm³/mol. The van der Waals surface area contributed by atoms with Gasteiger partial charge in [-0.25, -0.2) is 0 Å². The van der Waals surface area contributed by atoms with Crippen LogP contribution in [0.5, 0.6) is 0 Å². The Morgan fingerprint density at radius 3 is 2.76 bits per heavy atom. The van der Waals surface area contributed by atoms with Crippen LogP contribution in [0.4, 0.5) is 0 Å². The highest BCUT2D eigenvalue weighted by molar-refractivity contribution is 5.85. The van der Waals surface area contributed by atoms with E-state index >= 15 is 0 Å². The lowest BCUT2D eigenvalue weighted by Crippen LogP contribution is -2.28. The largest absolute Gasteiger partial charge is 0.346 e. The SMILES string of the molecule is Cl.Cn1c(C2CCCCN2)cc2ccccc21. The van der Waals surface area contributed by atoms with Crippen molar-refractivity contribution < 1.29 is 0 Å². The van der Waals surface area contributed by atoms with Crippen LogP contribution in [0.15, 0.2) is 30.3 Å². The van der Waals surface area contributed by atoms with Gasteiger partial charge in [0.1, 0.15) is 0 Å². The average molecular weight is 251 g/mol. The maximum Gasteiger partial charge on any atom is 0.0480 e. The van der Waals surface area contributed by atoms with Gasteiger partial charge in [0.15, 0.2) is 0 Å². The second-order valence-electron chi connectivity index (χ2n) is 4.69. The van der Waals surface area contributed by atoms with Gasteiger partial charge in [0.2, 0.25) is 0 Å². The van der Waals surface area contributed by atoms with Crippen LogP contribution < -0.4 is 5.32 Å². The number of nitrogens with one attached hydrogen (secondary N) is 1. The number of rotatable bonds is 1. The first kappa shape index (κ1) is 12.5. The molecule has 1 fully saturated rings. The van der Waals surface area contributed by atoms with E-state index in [2.05, 4.69) is 47.3 Å². The minimum absolute atomic E-state index is 0. The molecule has 1 aliphatic heterocycles. The van der Waals surface area contributed by atoms with Gasteiger partial charge in [0.25, 0.3) is 0 Å². The summed E-state index contributed by atoms with van der Waals surface area (Å²) in [4.78, 5) is 0. The van der Waals surface area contributed by atoms with E-state index in [0.717, 1.165) is 6.54 Å². The number of aryl methyl sites for hydroxylation is 1. The van der Waals surface area contributed by atoms with Crippen LogP contribution in [0.1, 0.15) is 31.0 Å². The van der Waals surface area contributed by atoms with E-state index in [4.69, 9.17) is 0 Å². The molecule has 0 amide bonds. The summed E-state index contributed by atoms with van der Waals surface area (Å²) in [6.45, 7) is 1.16. The summed E-state index contributed by atoms with van der Waals surface area (Å²) in [6.07, 6.45) is 3.93. The first-order valence-electron chi connectivity index (χ1n) is 6.14. The quantitative estimate of drug-likeness (QED) is 0.821. The van der Waals surface area contributed by atoms with E-state index < -0.39 is 0 Å². The molecule has 0 saturated carbocycles. The summed E-state index contributed by atoms with van der Waals surface area (Å²) in [5.74, 6) is 0. The topological polar surface area (TPSA) is 17.0 Å². The number of fused-ring (bicyclic) bond motifs is 1. The number of halogens is 1. The number of hydrogen-bond acceptors (Lipinski definition) is 1. The van der Waals surface area contributed by atoms with E-state index in [-0.39, 0.29) is 12.4 Å². The maximum atomic E-state index is 3.62. The third kappa shape index (κ3) is 2.20. The van der Waals surface area contributed by atoms with Gasteiger partial charge in [-0.15, -0.1) is 12.4 Å². The molecule has 0 radical (unpaired) electrons. The lowest BCUT2D eigenvalue weighted by Gasteiger charge is -2.24. The predicted octanol–water partition coefficient (Wildman–Crippen LogP) is 3.41. The number of piperidine rings is 1. The van der Waals surface area contributed by atoms with Crippen molar-refractivity contribution in [3.63, 3.8) is 0 Å². The first-order chi connectivity index (χ1) is 7.86. The zero-order chi connectivity index (χ0) is 11.0. The summed E-state index contributed by atoms with van der Waals surface area (Å²) < 4.78 is 2.33. The van der Waals surface area contributed by atoms with E-state index in [1.165, 1.54) is 35.9 Å². The summed E-state index contributed by atoms with van der Waals surface area (Å²) in [6, 6.07) is 11.5. The van der Waals surface area contributed by atoms with E-state index in [0.29, 0.717) is 6.04 Å². The second kappa shape index (κ2) is 5.11. The maximum absolute atomic E-state index is 3.62. The van der Waals surface area contributed by atoms with Crippen LogP contribution in [0, 0.1) is 0 Å². The van der Waals surface area contributed by atoms with Crippen molar-refractivity contribution in [1.29, 1.82) is 0 Å². The zero-order valence-corrected chi connectivity index (χ0v) is 11.0. The van der Waals surface area contributed by atoms with Gasteiger partial charge in [-0.3, -0.25) is 0 Å². The van der Waals surface area contributed by atoms with Gasteiger partial charge < -0.3 is 9.88 Å². The van der Waals surface area contributed by atoms with Crippen LogP contribution in [0.3, 0.4) is 0 Å². The number of aromatic nitrogens is 1. The van der Waals surface area contributed by atoms with Crippen molar-refractivity contribution in [2.75, 3.05) is 6.54 Å². The highest BCUT2D eigenvalue weighted by Gasteiger charge is 2.18. The molecular formula is C14H19ClN2. The highest BCUT2D eigenvalue weighted by atomic mass is 35.5. The molecule has 1 unspecified atom stereocenters. The minimum atomic E-state index is 0. The second-order valence-corrected chi connectivity index (χ2v) is 4.69. The smallest absolute Gasteiger partial charge is 0.0480 e. The van der Waals surface area contributed by atoms with Crippen molar-refractivity contribution in [2.24, 2.45) is 7.05 Å². The van der Waals surface area contributed by atoms with Gasteiger partial charge in [-0.05, 0) is 36.9 Å². The molecule has 1 aliphatic rings. The Labute approximate surface area is 108 Å². The molecule has 1 atom stereocenters. The highest BCUT2D eigenvalue weighted by Crippen LogP contribution is 2.27. The lowest BCUT2D eigenvalue weighted by molar-refractivity contribution is 0.399. The average Bonchev–Trinajstić information content (AvgIpc) is 2.69. The standard InChI is InChI=1S/C14H18N2.ClH/c1-16-13-8-3-2-6-11(13)10-14(16)12-7-4-5-9-15-12;/h2-3,6,8,10,12,15H,4-5,7,9H2,1H3;1H. The van der Waals surface area contributed by atoms with Gasteiger partial charge in [0.05, 0.1) is 0 Å². The molecule has 0 bridgehead atoms. The molecule has 1 aromatic heterocycles. The third-order valence-corrected chi connectivity index (χ3v) is 3.66. The molecule has 1 aromatic carbocycles. The Balaban J connectivity index is 0.00000108. The first-order valence-corrected chi connectivity index (χ1v) is 6.14. The van der Waals surface area contributed by atoms with Crippen molar-refractivity contribution in [3.05, 3.63) is 36.0 Å². The molecule has 0 spiro atoms. The van der Waals surface area contributed by atoms with Crippen LogP contribution in [0.2, 0.25) is 0 Å². The molecular weight excluding hydrogens is 232 g/mol. The van der Waals surface area contributed by atoms with E-state index in [1.807, 2.05) is 0 Å². The molecule has 3 heteroatoms. The minimum Gasteiger partial charge on any atom is -0.346 e. The Hall–Kier alpha value is -0.990. The zero-order valence-electron chi connectivity index (χ0n) is 10.1. The molecule has 1 saturated heterocycles. The summed E-state index contributed by atoms with van der Waals surface area (Å²) in [7, 11) is 2.17. The molecule has 17 heavy (non-hydrogen) atoms. The van der Waals surface area contributed by atoms with Crippen molar-refractivity contribution >= 4 is 23.3 Å². The summed E-state index contributed by atoms with van der Waals surface area (Å²) in [5, 5.41) is 4.97. The van der Waals surface area contributed by atoms with Crippen LogP contribution in [0.25, 0.3) is 10.9 Å². The van der Waals surface area contributed by atoms with E-state index in [9.17, 15) is 0 Å². The van der Waals surface area contributed by atoms with Gasteiger partial charge in [-0.2, -0.15) is 0 Å². The number of benzene rings is 1. The van der Waals surface area contributed by atoms with Gasteiger partial charge in [-0.1, -0.05) is 24.6 Å². The van der Waals surface area contributed by atoms with E-state index in [1.54, 1.807) is 0 Å². The number of nitrogens with zero attached hydrogens (tertiary/aromatic N) is 1. The Bertz CT molecular complexity index is 498.